The van der Waals surface area contributed by atoms with Crippen LogP contribution < -0.4 is 15.2 Å². The molecule has 0 bridgehead atoms. The molecule has 1 fully saturated rings. The van der Waals surface area contributed by atoms with Crippen LogP contribution in [0, 0.1) is 6.92 Å². The molecule has 0 aliphatic heterocycles. The highest BCUT2D eigenvalue weighted by Crippen LogP contribution is 2.46. The minimum absolute atomic E-state index is 0.299. The number of methoxy groups -OCH3 is 2. The SMILES string of the molecule is COc1cc(C2(N)CCCCC2)c(OC)c(Br)c1C. The van der Waals surface area contributed by atoms with Gasteiger partial charge in [-0.05, 0) is 41.8 Å². The first-order valence-electron chi connectivity index (χ1n) is 6.74. The van der Waals surface area contributed by atoms with Gasteiger partial charge in [-0.15, -0.1) is 0 Å². The molecule has 1 aromatic rings. The third kappa shape index (κ3) is 2.61. The summed E-state index contributed by atoms with van der Waals surface area (Å²) in [6.45, 7) is 2.01. The summed E-state index contributed by atoms with van der Waals surface area (Å²) >= 11 is 3.61. The molecule has 0 radical (unpaired) electrons. The van der Waals surface area contributed by atoms with E-state index in [1.54, 1.807) is 14.2 Å². The highest BCUT2D eigenvalue weighted by Gasteiger charge is 2.34. The summed E-state index contributed by atoms with van der Waals surface area (Å²) in [4.78, 5) is 0. The Hall–Kier alpha value is -0.740. The Balaban J connectivity index is 2.57. The standard InChI is InChI=1S/C15H22BrNO2/c1-10-12(18-2)9-11(14(19-3)13(10)16)15(17)7-5-4-6-8-15/h9H,4-8,17H2,1-3H3. The number of benzene rings is 1. The number of hydrogen-bond donors (Lipinski definition) is 1. The number of nitrogens with two attached hydrogens (primary N) is 1. The molecule has 0 heterocycles. The smallest absolute Gasteiger partial charge is 0.138 e. The second-order valence-electron chi connectivity index (χ2n) is 5.32. The van der Waals surface area contributed by atoms with Gasteiger partial charge >= 0.3 is 0 Å². The van der Waals surface area contributed by atoms with Gasteiger partial charge in [0.05, 0.1) is 18.7 Å². The predicted octanol–water partition coefficient (Wildman–Crippen LogP) is 3.89. The van der Waals surface area contributed by atoms with Crippen LogP contribution >= 0.6 is 15.9 Å². The zero-order valence-electron chi connectivity index (χ0n) is 11.9. The zero-order valence-corrected chi connectivity index (χ0v) is 13.5. The van der Waals surface area contributed by atoms with Gasteiger partial charge in [-0.3, -0.25) is 0 Å². The molecule has 0 saturated heterocycles. The highest BCUT2D eigenvalue weighted by atomic mass is 79.9. The Morgan fingerprint density at radius 1 is 1.16 bits per heavy atom. The molecule has 1 aliphatic rings. The lowest BCUT2D eigenvalue weighted by molar-refractivity contribution is 0.286. The van der Waals surface area contributed by atoms with Gasteiger partial charge in [0, 0.05) is 16.7 Å². The highest BCUT2D eigenvalue weighted by molar-refractivity contribution is 9.10. The fraction of sp³-hybridized carbons (Fsp3) is 0.600. The van der Waals surface area contributed by atoms with Gasteiger partial charge < -0.3 is 15.2 Å². The normalized spacial score (nSPS) is 18.2. The fourth-order valence-electron chi connectivity index (χ4n) is 2.94. The lowest BCUT2D eigenvalue weighted by atomic mass is 9.77. The van der Waals surface area contributed by atoms with Crippen LogP contribution in [0.2, 0.25) is 0 Å². The number of halogens is 1. The van der Waals surface area contributed by atoms with E-state index >= 15 is 0 Å². The molecular weight excluding hydrogens is 306 g/mol. The van der Waals surface area contributed by atoms with Crippen LogP contribution in [0.5, 0.6) is 11.5 Å². The van der Waals surface area contributed by atoms with Crippen molar-refractivity contribution >= 4 is 15.9 Å². The molecule has 106 valence electrons. The molecule has 1 aliphatic carbocycles. The van der Waals surface area contributed by atoms with E-state index in [1.165, 1.54) is 19.3 Å². The third-order valence-electron chi connectivity index (χ3n) is 4.12. The monoisotopic (exact) mass is 327 g/mol. The summed E-state index contributed by atoms with van der Waals surface area (Å²) in [5.41, 5.74) is 8.45. The molecule has 0 unspecified atom stereocenters. The molecule has 4 heteroatoms. The molecule has 19 heavy (non-hydrogen) atoms. The van der Waals surface area contributed by atoms with Crippen molar-refractivity contribution in [2.45, 2.75) is 44.6 Å². The van der Waals surface area contributed by atoms with E-state index in [0.29, 0.717) is 0 Å². The van der Waals surface area contributed by atoms with E-state index in [0.717, 1.165) is 39.9 Å². The Bertz CT molecular complexity index is 468. The van der Waals surface area contributed by atoms with E-state index in [4.69, 9.17) is 15.2 Å². The Morgan fingerprint density at radius 3 is 2.32 bits per heavy atom. The Kier molecular flexibility index (Phi) is 4.41. The average Bonchev–Trinajstić information content (AvgIpc) is 2.42. The second kappa shape index (κ2) is 5.71. The van der Waals surface area contributed by atoms with Crippen LogP contribution in [0.1, 0.15) is 43.2 Å². The molecule has 0 amide bonds. The maximum absolute atomic E-state index is 6.64. The number of rotatable bonds is 3. The van der Waals surface area contributed by atoms with Crippen LogP contribution in [0.3, 0.4) is 0 Å². The quantitative estimate of drug-likeness (QED) is 0.915. The summed E-state index contributed by atoms with van der Waals surface area (Å²) in [6.07, 6.45) is 5.62. The summed E-state index contributed by atoms with van der Waals surface area (Å²) in [5.74, 6) is 1.71. The minimum atomic E-state index is -0.299. The lowest BCUT2D eigenvalue weighted by Crippen LogP contribution is -2.39. The van der Waals surface area contributed by atoms with E-state index in [-0.39, 0.29) is 5.54 Å². The molecule has 2 N–H and O–H groups in total. The van der Waals surface area contributed by atoms with Gasteiger partial charge in [-0.1, -0.05) is 19.3 Å². The van der Waals surface area contributed by atoms with Crippen molar-refractivity contribution in [1.29, 1.82) is 0 Å². The molecule has 3 nitrogen and oxygen atoms in total. The largest absolute Gasteiger partial charge is 0.496 e. The van der Waals surface area contributed by atoms with Crippen LogP contribution in [0.15, 0.2) is 10.5 Å². The van der Waals surface area contributed by atoms with Crippen molar-refractivity contribution < 1.29 is 9.47 Å². The van der Waals surface area contributed by atoms with Crippen molar-refractivity contribution in [2.75, 3.05) is 14.2 Å². The number of ether oxygens (including phenoxy) is 2. The van der Waals surface area contributed by atoms with Gasteiger partial charge in [0.2, 0.25) is 0 Å². The van der Waals surface area contributed by atoms with Gasteiger partial charge in [0.25, 0.3) is 0 Å². The second-order valence-corrected chi connectivity index (χ2v) is 6.11. The Labute approximate surface area is 123 Å². The van der Waals surface area contributed by atoms with Crippen molar-refractivity contribution in [3.05, 3.63) is 21.7 Å². The van der Waals surface area contributed by atoms with Crippen molar-refractivity contribution in [1.82, 2.24) is 0 Å². The van der Waals surface area contributed by atoms with Gasteiger partial charge in [-0.2, -0.15) is 0 Å². The summed E-state index contributed by atoms with van der Waals surface area (Å²) in [7, 11) is 3.39. The molecule has 0 spiro atoms. The summed E-state index contributed by atoms with van der Waals surface area (Å²) in [5, 5.41) is 0. The zero-order chi connectivity index (χ0) is 14.0. The molecule has 0 aromatic heterocycles. The van der Waals surface area contributed by atoms with Crippen LogP contribution in [0.25, 0.3) is 0 Å². The minimum Gasteiger partial charge on any atom is -0.496 e. The molecule has 1 aromatic carbocycles. The van der Waals surface area contributed by atoms with E-state index in [2.05, 4.69) is 15.9 Å². The molecule has 1 saturated carbocycles. The van der Waals surface area contributed by atoms with Gasteiger partial charge in [0.15, 0.2) is 0 Å². The van der Waals surface area contributed by atoms with E-state index in [9.17, 15) is 0 Å². The Morgan fingerprint density at radius 2 is 1.79 bits per heavy atom. The molecule has 0 atom stereocenters. The topological polar surface area (TPSA) is 44.5 Å². The van der Waals surface area contributed by atoms with Gasteiger partial charge in [0.1, 0.15) is 11.5 Å². The van der Waals surface area contributed by atoms with Crippen molar-refractivity contribution in [3.8, 4) is 11.5 Å². The predicted molar refractivity (Wildman–Crippen MR) is 80.9 cm³/mol. The maximum atomic E-state index is 6.64. The first-order valence-corrected chi connectivity index (χ1v) is 7.53. The maximum Gasteiger partial charge on any atom is 0.138 e. The van der Waals surface area contributed by atoms with E-state index < -0.39 is 0 Å². The van der Waals surface area contributed by atoms with Crippen molar-refractivity contribution in [3.63, 3.8) is 0 Å². The van der Waals surface area contributed by atoms with Crippen molar-refractivity contribution in [2.24, 2.45) is 5.73 Å². The summed E-state index contributed by atoms with van der Waals surface area (Å²) in [6, 6.07) is 2.05. The summed E-state index contributed by atoms with van der Waals surface area (Å²) < 4.78 is 12.0. The molecule has 2 rings (SSSR count). The average molecular weight is 328 g/mol. The molecular formula is C15H22BrNO2. The fourth-order valence-corrected chi connectivity index (χ4v) is 3.51. The lowest BCUT2D eigenvalue weighted by Gasteiger charge is -2.35. The number of hydrogen-bond acceptors (Lipinski definition) is 3. The van der Waals surface area contributed by atoms with Crippen LogP contribution in [0.4, 0.5) is 0 Å². The van der Waals surface area contributed by atoms with Gasteiger partial charge in [-0.25, -0.2) is 0 Å². The first kappa shape index (κ1) is 14.7. The van der Waals surface area contributed by atoms with E-state index in [1.807, 2.05) is 13.0 Å². The van der Waals surface area contributed by atoms with Crippen LogP contribution in [-0.4, -0.2) is 14.2 Å². The first-order chi connectivity index (χ1) is 9.03. The third-order valence-corrected chi connectivity index (χ3v) is 5.08. The van der Waals surface area contributed by atoms with Crippen LogP contribution in [-0.2, 0) is 5.54 Å².